The van der Waals surface area contributed by atoms with Crippen molar-refractivity contribution in [1.82, 2.24) is 0 Å². The number of halogens is 3. The van der Waals surface area contributed by atoms with Crippen molar-refractivity contribution in [3.8, 4) is 0 Å². The zero-order valence-corrected chi connectivity index (χ0v) is 24.0. The first-order valence-corrected chi connectivity index (χ1v) is 12.5. The van der Waals surface area contributed by atoms with Gasteiger partial charge in [-0.15, -0.1) is 25.6 Å². The number of nitrogens with two attached hydrogens (primary N) is 1. The van der Waals surface area contributed by atoms with Crippen molar-refractivity contribution in [2.24, 2.45) is 27.6 Å². The van der Waals surface area contributed by atoms with Gasteiger partial charge in [-0.2, -0.15) is 0 Å². The molecule has 0 aromatic rings. The summed E-state index contributed by atoms with van der Waals surface area (Å²) in [6.07, 6.45) is 10.3. The Bertz CT molecular complexity index is 557. The largest absolute Gasteiger partial charge is 0.325 e. The van der Waals surface area contributed by atoms with Gasteiger partial charge < -0.3 is 5.73 Å². The SMILES string of the molecule is BrCC=CCBr.C.C=CC1CC1(C)N.C=CC1CC1(C)N=C(C)C.CCN=C(C)C.Cl. The smallest absolute Gasteiger partial charge is 0.0648 e. The molecule has 0 bridgehead atoms. The fourth-order valence-electron chi connectivity index (χ4n) is 2.57. The van der Waals surface area contributed by atoms with E-state index in [1.807, 2.05) is 46.8 Å². The Morgan fingerprint density at radius 2 is 1.39 bits per heavy atom. The minimum absolute atomic E-state index is 0. The van der Waals surface area contributed by atoms with E-state index in [1.54, 1.807) is 0 Å². The summed E-state index contributed by atoms with van der Waals surface area (Å²) < 4.78 is 0. The predicted molar refractivity (Wildman–Crippen MR) is 156 cm³/mol. The lowest BCUT2D eigenvalue weighted by Gasteiger charge is -2.02. The molecule has 0 aromatic carbocycles. The highest BCUT2D eigenvalue weighted by atomic mass is 79.9. The molecule has 0 saturated heterocycles. The monoisotopic (exact) mass is 583 g/mol. The van der Waals surface area contributed by atoms with Gasteiger partial charge in [0.2, 0.25) is 0 Å². The van der Waals surface area contributed by atoms with Crippen molar-refractivity contribution >= 4 is 55.7 Å². The van der Waals surface area contributed by atoms with Crippen molar-refractivity contribution in [2.75, 3.05) is 17.2 Å². The molecule has 2 fully saturated rings. The minimum atomic E-state index is 0. The molecule has 0 radical (unpaired) electrons. The molecule has 0 spiro atoms. The van der Waals surface area contributed by atoms with Crippen LogP contribution in [0.5, 0.6) is 0 Å². The fraction of sp³-hybridized carbons (Fsp3) is 0.680. The number of alkyl halides is 2. The summed E-state index contributed by atoms with van der Waals surface area (Å²) in [5.41, 5.74) is 8.29. The topological polar surface area (TPSA) is 50.7 Å². The van der Waals surface area contributed by atoms with Gasteiger partial charge in [-0.3, -0.25) is 9.98 Å². The Kier molecular flexibility index (Phi) is 25.0. The van der Waals surface area contributed by atoms with Gasteiger partial charge in [-0.25, -0.2) is 0 Å². The summed E-state index contributed by atoms with van der Waals surface area (Å²) in [5, 5.41) is 1.91. The molecule has 0 aliphatic heterocycles. The van der Waals surface area contributed by atoms with Gasteiger partial charge in [0, 0.05) is 40.1 Å². The van der Waals surface area contributed by atoms with Gasteiger partial charge in [-0.1, -0.05) is 63.6 Å². The molecule has 0 aromatic heterocycles. The second kappa shape index (κ2) is 20.4. The predicted octanol–water partition coefficient (Wildman–Crippen LogP) is 8.22. The van der Waals surface area contributed by atoms with Crippen LogP contribution in [0.15, 0.2) is 47.4 Å². The van der Waals surface area contributed by atoms with E-state index in [1.165, 1.54) is 12.1 Å². The number of aliphatic imine (C=N–C) groups is 2. The molecule has 0 heterocycles. The maximum Gasteiger partial charge on any atom is 0.0648 e. The van der Waals surface area contributed by atoms with Crippen LogP contribution in [-0.4, -0.2) is 39.7 Å². The Balaban J connectivity index is -0.000000158. The Labute approximate surface area is 216 Å². The summed E-state index contributed by atoms with van der Waals surface area (Å²) in [6.45, 7) is 22.7. The van der Waals surface area contributed by atoms with Crippen LogP contribution < -0.4 is 5.73 Å². The lowest BCUT2D eigenvalue weighted by Crippen LogP contribution is -2.18. The van der Waals surface area contributed by atoms with Crippen LogP contribution in [0.4, 0.5) is 0 Å². The highest BCUT2D eigenvalue weighted by Crippen LogP contribution is 2.47. The number of allylic oxidation sites excluding steroid dienone is 2. The van der Waals surface area contributed by atoms with E-state index in [0.29, 0.717) is 11.8 Å². The fourth-order valence-corrected chi connectivity index (χ4v) is 3.10. The Hall–Kier alpha value is -0.230. The number of nitrogens with zero attached hydrogens (tertiary/aromatic N) is 2. The highest BCUT2D eigenvalue weighted by molar-refractivity contribution is 9.09. The summed E-state index contributed by atoms with van der Waals surface area (Å²) in [4.78, 5) is 8.56. The van der Waals surface area contributed by atoms with E-state index < -0.39 is 0 Å². The van der Waals surface area contributed by atoms with E-state index >= 15 is 0 Å². The quantitative estimate of drug-likeness (QED) is 0.191. The van der Waals surface area contributed by atoms with Crippen molar-refractivity contribution in [3.05, 3.63) is 37.5 Å². The van der Waals surface area contributed by atoms with Crippen LogP contribution in [-0.2, 0) is 0 Å². The van der Waals surface area contributed by atoms with Gasteiger partial charge in [0.1, 0.15) is 0 Å². The standard InChI is InChI=1S/C9H15N.C6H11N.C5H11N.C4H6Br2.CH4.ClH/c1-5-8-6-9(8,4)10-7(2)3;1-3-5-4-6(5,2)7;1-4-6-5(2)3;5-3-1-2-4-6;;/h5,8H,1,6H2,2-4H3;3,5H,1,4,7H2,2H3;4H2,1-3H3;1-2H,3-4H2;1H4;1H. The molecule has 184 valence electrons. The number of rotatable bonds is 6. The Morgan fingerprint density at radius 1 is 0.968 bits per heavy atom. The first-order valence-electron chi connectivity index (χ1n) is 10.3. The maximum atomic E-state index is 5.65. The van der Waals surface area contributed by atoms with Crippen LogP contribution in [0.1, 0.15) is 68.7 Å². The molecule has 2 N–H and O–H groups in total. The molecule has 2 saturated carbocycles. The maximum absolute atomic E-state index is 5.65. The second-order valence-corrected chi connectivity index (χ2v) is 9.51. The third kappa shape index (κ3) is 21.4. The zero-order valence-electron chi connectivity index (χ0n) is 20.0. The highest BCUT2D eigenvalue weighted by Gasteiger charge is 2.47. The van der Waals surface area contributed by atoms with Crippen LogP contribution >= 0.6 is 44.3 Å². The van der Waals surface area contributed by atoms with E-state index in [2.05, 4.69) is 81.0 Å². The summed E-state index contributed by atoms with van der Waals surface area (Å²) in [7, 11) is 0. The Morgan fingerprint density at radius 3 is 1.52 bits per heavy atom. The molecule has 3 nitrogen and oxygen atoms in total. The first kappa shape index (κ1) is 38.1. The van der Waals surface area contributed by atoms with Crippen molar-refractivity contribution in [3.63, 3.8) is 0 Å². The van der Waals surface area contributed by atoms with E-state index in [4.69, 9.17) is 5.73 Å². The van der Waals surface area contributed by atoms with E-state index in [9.17, 15) is 0 Å². The minimum Gasteiger partial charge on any atom is -0.325 e. The van der Waals surface area contributed by atoms with Gasteiger partial charge in [0.05, 0.1) is 5.54 Å². The lowest BCUT2D eigenvalue weighted by molar-refractivity contribution is 0.717. The molecular formula is C25H48Br2ClN3. The third-order valence-electron chi connectivity index (χ3n) is 4.49. The van der Waals surface area contributed by atoms with Gasteiger partial charge in [-0.05, 0) is 67.2 Å². The second-order valence-electron chi connectivity index (χ2n) is 8.22. The van der Waals surface area contributed by atoms with Crippen LogP contribution in [0, 0.1) is 11.8 Å². The van der Waals surface area contributed by atoms with Crippen molar-refractivity contribution in [2.45, 2.75) is 79.8 Å². The van der Waals surface area contributed by atoms with E-state index in [-0.39, 0.29) is 30.9 Å². The molecule has 4 unspecified atom stereocenters. The zero-order chi connectivity index (χ0) is 23.1. The first-order chi connectivity index (χ1) is 13.4. The van der Waals surface area contributed by atoms with E-state index in [0.717, 1.165) is 29.3 Å². The van der Waals surface area contributed by atoms with Crippen LogP contribution in [0.3, 0.4) is 0 Å². The van der Waals surface area contributed by atoms with Gasteiger partial charge in [0.25, 0.3) is 0 Å². The normalized spacial score (nSPS) is 26.4. The molecular weight excluding hydrogens is 538 g/mol. The molecule has 2 aliphatic carbocycles. The average Bonchev–Trinajstić information content (AvgIpc) is 3.47. The lowest BCUT2D eigenvalue weighted by atomic mass is 10.2. The van der Waals surface area contributed by atoms with Gasteiger partial charge >= 0.3 is 0 Å². The summed E-state index contributed by atoms with van der Waals surface area (Å²) in [6, 6.07) is 0. The van der Waals surface area contributed by atoms with Crippen LogP contribution in [0.2, 0.25) is 0 Å². The van der Waals surface area contributed by atoms with Crippen LogP contribution in [0.25, 0.3) is 0 Å². The molecule has 0 amide bonds. The number of hydrogen-bond donors (Lipinski definition) is 1. The molecule has 31 heavy (non-hydrogen) atoms. The molecule has 2 aliphatic rings. The van der Waals surface area contributed by atoms with Gasteiger partial charge in [0.15, 0.2) is 0 Å². The average molecular weight is 586 g/mol. The van der Waals surface area contributed by atoms with Crippen molar-refractivity contribution in [1.29, 1.82) is 0 Å². The summed E-state index contributed by atoms with van der Waals surface area (Å²) in [5.74, 6) is 1.22. The molecule has 4 atom stereocenters. The molecule has 6 heteroatoms. The number of hydrogen-bond acceptors (Lipinski definition) is 3. The summed E-state index contributed by atoms with van der Waals surface area (Å²) >= 11 is 6.49. The van der Waals surface area contributed by atoms with Crippen molar-refractivity contribution < 1.29 is 0 Å². The third-order valence-corrected chi connectivity index (χ3v) is 5.23. The molecule has 2 rings (SSSR count).